The number of hydrogen-bond acceptors (Lipinski definition) is 3. The van der Waals surface area contributed by atoms with Gasteiger partial charge in [0.1, 0.15) is 6.61 Å². The maximum Gasteiger partial charge on any atom is 0.171 e. The van der Waals surface area contributed by atoms with E-state index in [1.165, 1.54) is 5.56 Å². The molecule has 0 amide bonds. The molecule has 1 aliphatic heterocycles. The Balaban J connectivity index is 2.28. The summed E-state index contributed by atoms with van der Waals surface area (Å²) in [4.78, 5) is 10.0. The second kappa shape index (κ2) is 4.21. The third-order valence-electron chi connectivity index (χ3n) is 2.79. The molecule has 82 valence electrons. The highest BCUT2D eigenvalue weighted by Gasteiger charge is 2.18. The van der Waals surface area contributed by atoms with Crippen molar-refractivity contribution < 1.29 is 9.78 Å². The van der Waals surface area contributed by atoms with Crippen LogP contribution in [0, 0.1) is 5.92 Å². The van der Waals surface area contributed by atoms with Crippen molar-refractivity contribution in [3.05, 3.63) is 29.3 Å². The van der Waals surface area contributed by atoms with Gasteiger partial charge in [-0.15, -0.1) is 0 Å². The molecule has 1 unspecified atom stereocenters. The van der Waals surface area contributed by atoms with Gasteiger partial charge in [-0.1, -0.05) is 26.0 Å². The number of nitrogens with one attached hydrogen (secondary N) is 1. The Kier molecular flexibility index (Phi) is 2.93. The topological polar surface area (TPSA) is 30.5 Å². The fourth-order valence-corrected chi connectivity index (χ4v) is 2.00. The van der Waals surface area contributed by atoms with E-state index in [2.05, 4.69) is 37.4 Å². The smallest absolute Gasteiger partial charge is 0.171 e. The first-order chi connectivity index (χ1) is 7.22. The minimum atomic E-state index is 0.361. The fourth-order valence-electron chi connectivity index (χ4n) is 2.00. The Bertz CT molecular complexity index is 349. The zero-order valence-electron chi connectivity index (χ0n) is 9.41. The van der Waals surface area contributed by atoms with Crippen LogP contribution in [0.2, 0.25) is 0 Å². The normalized spacial score (nSPS) is 16.3. The zero-order valence-corrected chi connectivity index (χ0v) is 9.41. The molecule has 1 N–H and O–H groups in total. The maximum absolute atomic E-state index is 5.09. The lowest BCUT2D eigenvalue weighted by Crippen LogP contribution is -2.21. The lowest BCUT2D eigenvalue weighted by Gasteiger charge is -2.20. The molecule has 0 aliphatic carbocycles. The van der Waals surface area contributed by atoms with E-state index in [4.69, 9.17) is 9.78 Å². The lowest BCUT2D eigenvalue weighted by atomic mass is 9.95. The van der Waals surface area contributed by atoms with E-state index in [1.807, 2.05) is 7.05 Å². The van der Waals surface area contributed by atoms with Gasteiger partial charge in [0.25, 0.3) is 0 Å². The second-order valence-corrected chi connectivity index (χ2v) is 4.22. The Morgan fingerprint density at radius 1 is 1.33 bits per heavy atom. The molecule has 0 aromatic heterocycles. The summed E-state index contributed by atoms with van der Waals surface area (Å²) in [5, 5.41) is 3.31. The van der Waals surface area contributed by atoms with Crippen LogP contribution in [0.3, 0.4) is 0 Å². The molecule has 0 spiro atoms. The van der Waals surface area contributed by atoms with Crippen molar-refractivity contribution >= 4 is 0 Å². The van der Waals surface area contributed by atoms with E-state index >= 15 is 0 Å². The van der Waals surface area contributed by atoms with Crippen LogP contribution >= 0.6 is 0 Å². The standard InChI is InChI=1S/C12H17NO2/c1-8(2)12(13-3)9-4-5-10-7-14-15-11(10)6-9/h4-6,8,12-13H,7H2,1-3H3. The van der Waals surface area contributed by atoms with Gasteiger partial charge in [-0.25, -0.2) is 0 Å². The molecule has 2 rings (SSSR count). The quantitative estimate of drug-likeness (QED) is 0.772. The Hall–Kier alpha value is -1.06. The molecule has 0 radical (unpaired) electrons. The fraction of sp³-hybridized carbons (Fsp3) is 0.500. The van der Waals surface area contributed by atoms with Crippen molar-refractivity contribution in [1.82, 2.24) is 5.32 Å². The summed E-state index contributed by atoms with van der Waals surface area (Å²) in [7, 11) is 1.98. The summed E-state index contributed by atoms with van der Waals surface area (Å²) in [6.07, 6.45) is 0. The number of benzene rings is 1. The van der Waals surface area contributed by atoms with E-state index < -0.39 is 0 Å². The highest BCUT2D eigenvalue weighted by Crippen LogP contribution is 2.31. The van der Waals surface area contributed by atoms with Crippen molar-refractivity contribution in [3.8, 4) is 5.75 Å². The van der Waals surface area contributed by atoms with Crippen molar-refractivity contribution in [2.24, 2.45) is 5.92 Å². The molecule has 0 fully saturated rings. The molecule has 15 heavy (non-hydrogen) atoms. The highest BCUT2D eigenvalue weighted by atomic mass is 17.2. The predicted molar refractivity (Wildman–Crippen MR) is 58.5 cm³/mol. The molecule has 3 nitrogen and oxygen atoms in total. The molecule has 0 saturated heterocycles. The minimum Gasteiger partial charge on any atom is -0.337 e. The van der Waals surface area contributed by atoms with E-state index in [0.29, 0.717) is 18.6 Å². The van der Waals surface area contributed by atoms with Crippen molar-refractivity contribution in [3.63, 3.8) is 0 Å². The Morgan fingerprint density at radius 3 is 2.80 bits per heavy atom. The number of rotatable bonds is 3. The largest absolute Gasteiger partial charge is 0.337 e. The van der Waals surface area contributed by atoms with Gasteiger partial charge in [-0.2, -0.15) is 4.89 Å². The summed E-state index contributed by atoms with van der Waals surface area (Å²) in [6.45, 7) is 4.96. The Morgan fingerprint density at radius 2 is 2.13 bits per heavy atom. The van der Waals surface area contributed by atoms with Crippen LogP contribution in [0.4, 0.5) is 0 Å². The number of hydrogen-bond donors (Lipinski definition) is 1. The van der Waals surface area contributed by atoms with Gasteiger partial charge in [-0.3, -0.25) is 0 Å². The molecule has 1 aliphatic rings. The third-order valence-corrected chi connectivity index (χ3v) is 2.79. The first kappa shape index (κ1) is 10.5. The molecule has 1 aromatic carbocycles. The van der Waals surface area contributed by atoms with Crippen molar-refractivity contribution in [2.45, 2.75) is 26.5 Å². The van der Waals surface area contributed by atoms with Crippen molar-refractivity contribution in [2.75, 3.05) is 7.05 Å². The minimum absolute atomic E-state index is 0.361. The second-order valence-electron chi connectivity index (χ2n) is 4.22. The van der Waals surface area contributed by atoms with E-state index in [0.717, 1.165) is 11.3 Å². The summed E-state index contributed by atoms with van der Waals surface area (Å²) >= 11 is 0. The predicted octanol–water partition coefficient (Wildman–Crippen LogP) is 2.43. The van der Waals surface area contributed by atoms with Crippen molar-refractivity contribution in [1.29, 1.82) is 0 Å². The van der Waals surface area contributed by atoms with Gasteiger partial charge < -0.3 is 10.2 Å². The maximum atomic E-state index is 5.09. The molecular weight excluding hydrogens is 190 g/mol. The van der Waals surface area contributed by atoms with E-state index in [9.17, 15) is 0 Å². The molecule has 0 bridgehead atoms. The molecule has 1 atom stereocenters. The van der Waals surface area contributed by atoms with Gasteiger partial charge in [-0.05, 0) is 24.6 Å². The lowest BCUT2D eigenvalue weighted by molar-refractivity contribution is -0.194. The van der Waals surface area contributed by atoms with Crippen LogP contribution in [0.1, 0.15) is 31.0 Å². The van der Waals surface area contributed by atoms with Crippen LogP contribution in [-0.4, -0.2) is 7.05 Å². The summed E-state index contributed by atoms with van der Waals surface area (Å²) < 4.78 is 0. The first-order valence-corrected chi connectivity index (χ1v) is 5.32. The first-order valence-electron chi connectivity index (χ1n) is 5.32. The van der Waals surface area contributed by atoms with Crippen LogP contribution in [-0.2, 0) is 11.5 Å². The summed E-state index contributed by atoms with van der Waals surface area (Å²) in [5.41, 5.74) is 2.37. The summed E-state index contributed by atoms with van der Waals surface area (Å²) in [6, 6.07) is 6.63. The molecule has 0 saturated carbocycles. The molecule has 3 heteroatoms. The van der Waals surface area contributed by atoms with Gasteiger partial charge >= 0.3 is 0 Å². The average molecular weight is 207 g/mol. The van der Waals surface area contributed by atoms with Crippen LogP contribution in [0.25, 0.3) is 0 Å². The van der Waals surface area contributed by atoms with E-state index in [1.54, 1.807) is 0 Å². The highest BCUT2D eigenvalue weighted by molar-refractivity contribution is 5.39. The van der Waals surface area contributed by atoms with Crippen LogP contribution in [0.5, 0.6) is 5.75 Å². The van der Waals surface area contributed by atoms with E-state index in [-0.39, 0.29) is 0 Å². The molecule has 1 heterocycles. The molecule has 1 aromatic rings. The zero-order chi connectivity index (χ0) is 10.8. The average Bonchev–Trinajstić information content (AvgIpc) is 2.65. The number of fused-ring (bicyclic) bond motifs is 1. The van der Waals surface area contributed by atoms with Crippen LogP contribution < -0.4 is 10.2 Å². The Labute approximate surface area is 90.3 Å². The van der Waals surface area contributed by atoms with Crippen LogP contribution in [0.15, 0.2) is 18.2 Å². The van der Waals surface area contributed by atoms with Gasteiger partial charge in [0.15, 0.2) is 5.75 Å². The molecular formula is C12H17NO2. The monoisotopic (exact) mass is 207 g/mol. The SMILES string of the molecule is CNC(c1ccc2c(c1)OOC2)C(C)C. The van der Waals surface area contributed by atoms with Gasteiger partial charge in [0.05, 0.1) is 0 Å². The third kappa shape index (κ3) is 1.98. The summed E-state index contributed by atoms with van der Waals surface area (Å²) in [5.74, 6) is 1.41. The van der Waals surface area contributed by atoms with Gasteiger partial charge in [0, 0.05) is 11.6 Å². The van der Waals surface area contributed by atoms with Gasteiger partial charge in [0.2, 0.25) is 0 Å².